The molecular weight excluding hydrogens is 238 g/mol. The molecule has 0 amide bonds. The minimum absolute atomic E-state index is 0.189. The Morgan fingerprint density at radius 1 is 1.24 bits per heavy atom. The van der Waals surface area contributed by atoms with Gasteiger partial charge >= 0.3 is 5.97 Å². The van der Waals surface area contributed by atoms with E-state index in [0.29, 0.717) is 5.75 Å². The molecule has 2 heterocycles. The molecule has 0 unspecified atom stereocenters. The van der Waals surface area contributed by atoms with Crippen LogP contribution in [0.25, 0.3) is 0 Å². The summed E-state index contributed by atoms with van der Waals surface area (Å²) >= 11 is 1.49. The number of nitrogens with zero attached hydrogens (tertiary/aromatic N) is 3. The molecule has 0 fully saturated rings. The maximum Gasteiger partial charge on any atom is 0.337 e. The quantitative estimate of drug-likeness (QED) is 0.831. The molecule has 2 rings (SSSR count). The zero-order chi connectivity index (χ0) is 12.1. The van der Waals surface area contributed by atoms with E-state index in [1.165, 1.54) is 24.0 Å². The fourth-order valence-corrected chi connectivity index (χ4v) is 1.88. The van der Waals surface area contributed by atoms with Crippen molar-refractivity contribution >= 4 is 17.7 Å². The van der Waals surface area contributed by atoms with E-state index in [1.54, 1.807) is 24.7 Å². The first-order valence-corrected chi connectivity index (χ1v) is 5.81. The number of pyridine rings is 1. The van der Waals surface area contributed by atoms with Crippen LogP contribution in [0.5, 0.6) is 0 Å². The zero-order valence-electron chi connectivity index (χ0n) is 8.78. The van der Waals surface area contributed by atoms with Crippen LogP contribution in [0.1, 0.15) is 16.1 Å². The average Bonchev–Trinajstić information content (AvgIpc) is 2.38. The second kappa shape index (κ2) is 5.40. The summed E-state index contributed by atoms with van der Waals surface area (Å²) in [6, 6.07) is 3.22. The Morgan fingerprint density at radius 2 is 2.12 bits per heavy atom. The topological polar surface area (TPSA) is 76.0 Å². The van der Waals surface area contributed by atoms with Crippen molar-refractivity contribution in [3.63, 3.8) is 0 Å². The highest BCUT2D eigenvalue weighted by atomic mass is 32.2. The van der Waals surface area contributed by atoms with Crippen LogP contribution in [0.2, 0.25) is 0 Å². The summed E-state index contributed by atoms with van der Waals surface area (Å²) in [5, 5.41) is 9.48. The van der Waals surface area contributed by atoms with Crippen LogP contribution in [-0.2, 0) is 5.75 Å². The van der Waals surface area contributed by atoms with Crippen LogP contribution in [0.4, 0.5) is 0 Å². The molecule has 6 heteroatoms. The van der Waals surface area contributed by atoms with Gasteiger partial charge in [-0.25, -0.2) is 9.78 Å². The van der Waals surface area contributed by atoms with Crippen LogP contribution >= 0.6 is 11.8 Å². The standard InChI is InChI=1S/C11H9N3O2S/c15-11(16)8-1-2-10(14-5-8)17-7-9-6-12-3-4-13-9/h1-6H,7H2,(H,15,16). The first kappa shape index (κ1) is 11.5. The summed E-state index contributed by atoms with van der Waals surface area (Å²) < 4.78 is 0. The molecule has 0 aliphatic carbocycles. The molecule has 86 valence electrons. The monoisotopic (exact) mass is 247 g/mol. The lowest BCUT2D eigenvalue weighted by Crippen LogP contribution is -1.96. The molecule has 1 N–H and O–H groups in total. The Bertz CT molecular complexity index is 502. The lowest BCUT2D eigenvalue weighted by molar-refractivity contribution is 0.0696. The first-order valence-electron chi connectivity index (χ1n) is 4.83. The van der Waals surface area contributed by atoms with E-state index < -0.39 is 5.97 Å². The van der Waals surface area contributed by atoms with E-state index in [0.717, 1.165) is 10.7 Å². The molecule has 0 spiro atoms. The van der Waals surface area contributed by atoms with Gasteiger partial charge in [-0.15, -0.1) is 0 Å². The molecule has 0 aliphatic heterocycles. The summed E-state index contributed by atoms with van der Waals surface area (Å²) in [5.74, 6) is -0.309. The van der Waals surface area contributed by atoms with Crippen molar-refractivity contribution in [1.82, 2.24) is 15.0 Å². The second-order valence-corrected chi connectivity index (χ2v) is 4.17. The largest absolute Gasteiger partial charge is 0.478 e. The molecular formula is C11H9N3O2S. The van der Waals surface area contributed by atoms with Gasteiger partial charge in [-0.05, 0) is 12.1 Å². The van der Waals surface area contributed by atoms with E-state index in [4.69, 9.17) is 5.11 Å². The van der Waals surface area contributed by atoms with E-state index in [9.17, 15) is 4.79 Å². The number of hydrogen-bond donors (Lipinski definition) is 1. The van der Waals surface area contributed by atoms with E-state index in [1.807, 2.05) is 0 Å². The zero-order valence-corrected chi connectivity index (χ0v) is 9.59. The normalized spacial score (nSPS) is 10.1. The average molecular weight is 247 g/mol. The van der Waals surface area contributed by atoms with Crippen LogP contribution in [-0.4, -0.2) is 26.0 Å². The number of rotatable bonds is 4. The summed E-state index contributed by atoms with van der Waals surface area (Å²) in [6.45, 7) is 0. The minimum atomic E-state index is -0.969. The third-order valence-corrected chi connectivity index (χ3v) is 2.95. The van der Waals surface area contributed by atoms with Crippen molar-refractivity contribution in [2.24, 2.45) is 0 Å². The van der Waals surface area contributed by atoms with Gasteiger partial charge in [0.05, 0.1) is 16.3 Å². The molecule has 0 aliphatic rings. The van der Waals surface area contributed by atoms with Crippen molar-refractivity contribution in [1.29, 1.82) is 0 Å². The van der Waals surface area contributed by atoms with Gasteiger partial charge in [-0.3, -0.25) is 9.97 Å². The number of hydrogen-bond acceptors (Lipinski definition) is 5. The van der Waals surface area contributed by atoms with Crippen LogP contribution in [0, 0.1) is 0 Å². The molecule has 5 nitrogen and oxygen atoms in total. The van der Waals surface area contributed by atoms with Crippen molar-refractivity contribution in [2.75, 3.05) is 0 Å². The predicted molar refractivity (Wildman–Crippen MR) is 62.8 cm³/mol. The highest BCUT2D eigenvalue weighted by Crippen LogP contribution is 2.19. The number of carboxylic acids is 1. The Labute approximate surface area is 102 Å². The highest BCUT2D eigenvalue weighted by molar-refractivity contribution is 7.98. The lowest BCUT2D eigenvalue weighted by atomic mass is 10.3. The Balaban J connectivity index is 1.98. The van der Waals surface area contributed by atoms with Gasteiger partial charge in [0.2, 0.25) is 0 Å². The molecule has 0 saturated carbocycles. The molecule has 0 radical (unpaired) electrons. The fourth-order valence-electron chi connectivity index (χ4n) is 1.14. The van der Waals surface area contributed by atoms with Crippen molar-refractivity contribution < 1.29 is 9.90 Å². The predicted octanol–water partition coefficient (Wildman–Crippen LogP) is 1.86. The van der Waals surface area contributed by atoms with Gasteiger partial charge in [0, 0.05) is 30.5 Å². The minimum Gasteiger partial charge on any atom is -0.478 e. The van der Waals surface area contributed by atoms with Gasteiger partial charge in [0.25, 0.3) is 0 Å². The van der Waals surface area contributed by atoms with Crippen molar-refractivity contribution in [3.8, 4) is 0 Å². The van der Waals surface area contributed by atoms with Crippen molar-refractivity contribution in [3.05, 3.63) is 48.2 Å². The summed E-state index contributed by atoms with van der Waals surface area (Å²) in [7, 11) is 0. The van der Waals surface area contributed by atoms with Crippen molar-refractivity contribution in [2.45, 2.75) is 10.8 Å². The van der Waals surface area contributed by atoms with Gasteiger partial charge in [0.1, 0.15) is 0 Å². The molecule has 2 aromatic heterocycles. The number of carboxylic acid groups (broad SMARTS) is 1. The van der Waals surface area contributed by atoms with E-state index in [2.05, 4.69) is 15.0 Å². The van der Waals surface area contributed by atoms with E-state index >= 15 is 0 Å². The Hall–Kier alpha value is -1.95. The number of thioether (sulfide) groups is 1. The SMILES string of the molecule is O=C(O)c1ccc(SCc2cnccn2)nc1. The number of carbonyl (C=O) groups is 1. The van der Waals surface area contributed by atoms with Gasteiger partial charge in [-0.2, -0.15) is 0 Å². The van der Waals surface area contributed by atoms with Gasteiger partial charge in [0.15, 0.2) is 0 Å². The van der Waals surface area contributed by atoms with Crippen LogP contribution < -0.4 is 0 Å². The molecule has 0 atom stereocenters. The third-order valence-electron chi connectivity index (χ3n) is 1.97. The highest BCUT2D eigenvalue weighted by Gasteiger charge is 2.03. The lowest BCUT2D eigenvalue weighted by Gasteiger charge is -2.00. The molecule has 0 bridgehead atoms. The third kappa shape index (κ3) is 3.25. The second-order valence-electron chi connectivity index (χ2n) is 3.18. The van der Waals surface area contributed by atoms with E-state index in [-0.39, 0.29) is 5.56 Å². The van der Waals surface area contributed by atoms with Crippen LogP contribution in [0.3, 0.4) is 0 Å². The first-order chi connectivity index (χ1) is 8.25. The Morgan fingerprint density at radius 3 is 2.71 bits per heavy atom. The summed E-state index contributed by atoms with van der Waals surface area (Å²) in [4.78, 5) is 22.8. The smallest absolute Gasteiger partial charge is 0.337 e. The molecule has 2 aromatic rings. The summed E-state index contributed by atoms with van der Waals surface area (Å²) in [5.41, 5.74) is 1.05. The maximum atomic E-state index is 10.6. The molecule has 17 heavy (non-hydrogen) atoms. The maximum absolute atomic E-state index is 10.6. The molecule has 0 saturated heterocycles. The molecule has 0 aromatic carbocycles. The van der Waals surface area contributed by atoms with Gasteiger partial charge < -0.3 is 5.11 Å². The fraction of sp³-hybridized carbons (Fsp3) is 0.0909. The van der Waals surface area contributed by atoms with Crippen LogP contribution in [0.15, 0.2) is 41.9 Å². The number of aromatic carboxylic acids is 1. The van der Waals surface area contributed by atoms with Gasteiger partial charge in [-0.1, -0.05) is 11.8 Å². The Kier molecular flexibility index (Phi) is 3.66. The number of aromatic nitrogens is 3. The summed E-state index contributed by atoms with van der Waals surface area (Å²) in [6.07, 6.45) is 6.30.